The molecule has 6 N–H and O–H groups in total. The number of nitrogens with zero attached hydrogens (tertiary/aromatic N) is 2. The van der Waals surface area contributed by atoms with Crippen LogP contribution in [0, 0.1) is 0 Å². The van der Waals surface area contributed by atoms with Gasteiger partial charge in [-0.2, -0.15) is 9.72 Å². The molecule has 0 fully saturated rings. The second-order valence-corrected chi connectivity index (χ2v) is 8.63. The zero-order valence-electron chi connectivity index (χ0n) is 18.6. The largest absolute Gasteiger partial charge is 0.459 e. The first-order valence-corrected chi connectivity index (χ1v) is 10.9. The van der Waals surface area contributed by atoms with E-state index in [1.165, 1.54) is 4.74 Å². The lowest BCUT2D eigenvalue weighted by Crippen LogP contribution is -2.37. The van der Waals surface area contributed by atoms with Crippen molar-refractivity contribution in [1.29, 1.82) is 0 Å². The van der Waals surface area contributed by atoms with Gasteiger partial charge in [0.25, 0.3) is 0 Å². The van der Waals surface area contributed by atoms with E-state index in [1.807, 2.05) is 26.0 Å². The first-order chi connectivity index (χ1) is 15.7. The molecular formula is C24H27N5O4. The number of primary amides is 2. The van der Waals surface area contributed by atoms with E-state index in [0.717, 1.165) is 22.3 Å². The summed E-state index contributed by atoms with van der Waals surface area (Å²) in [5.74, 6) is -1.33. The third kappa shape index (κ3) is 3.64. The van der Waals surface area contributed by atoms with E-state index in [9.17, 15) is 14.4 Å². The first kappa shape index (κ1) is 22.5. The van der Waals surface area contributed by atoms with Crippen molar-refractivity contribution < 1.29 is 14.1 Å². The molecule has 2 amide bonds. The van der Waals surface area contributed by atoms with Crippen LogP contribution >= 0.6 is 0 Å². The van der Waals surface area contributed by atoms with E-state index in [4.69, 9.17) is 21.7 Å². The molecule has 1 heterocycles. The minimum absolute atomic E-state index is 0.185. The molecule has 1 aliphatic rings. The summed E-state index contributed by atoms with van der Waals surface area (Å²) in [5, 5.41) is 0. The Morgan fingerprint density at radius 3 is 1.97 bits per heavy atom. The van der Waals surface area contributed by atoms with Gasteiger partial charge < -0.3 is 21.7 Å². The Balaban J connectivity index is 2.14. The lowest BCUT2D eigenvalue weighted by molar-refractivity contribution is 0.0991. The van der Waals surface area contributed by atoms with Crippen molar-refractivity contribution in [2.75, 3.05) is 6.54 Å². The van der Waals surface area contributed by atoms with Gasteiger partial charge in [-0.25, -0.2) is 4.79 Å². The third-order valence-corrected chi connectivity index (χ3v) is 6.32. The highest BCUT2D eigenvalue weighted by molar-refractivity contribution is 5.94. The van der Waals surface area contributed by atoms with Crippen LogP contribution in [0.3, 0.4) is 0 Å². The van der Waals surface area contributed by atoms with E-state index >= 15 is 0 Å². The summed E-state index contributed by atoms with van der Waals surface area (Å²) in [6.07, 6.45) is 1.58. The van der Waals surface area contributed by atoms with Gasteiger partial charge >= 0.3 is 5.76 Å². The number of hydrogen-bond donors (Lipinski definition) is 3. The van der Waals surface area contributed by atoms with Crippen LogP contribution in [0.4, 0.5) is 0 Å². The van der Waals surface area contributed by atoms with Crippen LogP contribution in [0.1, 0.15) is 75.1 Å². The summed E-state index contributed by atoms with van der Waals surface area (Å²) in [4.78, 5) is 40.4. The number of nitrogens with two attached hydrogens (primary N) is 3. The summed E-state index contributed by atoms with van der Waals surface area (Å²) in [6.45, 7) is 4.08. The molecule has 0 spiro atoms. The van der Waals surface area contributed by atoms with Crippen LogP contribution in [0.2, 0.25) is 0 Å². The fourth-order valence-electron chi connectivity index (χ4n) is 4.91. The van der Waals surface area contributed by atoms with Crippen molar-refractivity contribution in [1.82, 2.24) is 9.72 Å². The molecule has 9 heteroatoms. The van der Waals surface area contributed by atoms with Gasteiger partial charge in [0, 0.05) is 11.1 Å². The number of amides is 2. The van der Waals surface area contributed by atoms with Gasteiger partial charge in [-0.05, 0) is 86.2 Å². The van der Waals surface area contributed by atoms with Crippen LogP contribution in [-0.4, -0.2) is 28.1 Å². The Morgan fingerprint density at radius 1 is 1.03 bits per heavy atom. The Kier molecular flexibility index (Phi) is 5.67. The quantitative estimate of drug-likeness (QED) is 0.515. The molecule has 0 saturated heterocycles. The zero-order chi connectivity index (χ0) is 23.9. The summed E-state index contributed by atoms with van der Waals surface area (Å²) in [6, 6.07) is 10.4. The van der Waals surface area contributed by atoms with E-state index in [0.29, 0.717) is 36.2 Å². The Hall–Kier alpha value is -3.72. The maximum atomic E-state index is 12.3. The maximum Gasteiger partial charge on any atom is 0.459 e. The molecule has 172 valence electrons. The monoisotopic (exact) mass is 449 g/mol. The van der Waals surface area contributed by atoms with Gasteiger partial charge in [0.15, 0.2) is 5.82 Å². The SMILES string of the molecule is CC(C)n1oc(=O)nc1C1(CCN)c2ccc(C(N)=O)cc2CCc2cc(C(N)=O)ccc21. The van der Waals surface area contributed by atoms with Crippen LogP contribution < -0.4 is 23.0 Å². The molecule has 1 aromatic heterocycles. The lowest BCUT2D eigenvalue weighted by Gasteiger charge is -2.36. The fourth-order valence-corrected chi connectivity index (χ4v) is 4.91. The molecule has 0 aliphatic heterocycles. The van der Waals surface area contributed by atoms with Crippen molar-refractivity contribution in [2.24, 2.45) is 17.2 Å². The van der Waals surface area contributed by atoms with Crippen LogP contribution in [0.25, 0.3) is 0 Å². The van der Waals surface area contributed by atoms with Crippen LogP contribution in [0.15, 0.2) is 45.7 Å². The highest BCUT2D eigenvalue weighted by atomic mass is 16.5. The van der Waals surface area contributed by atoms with Crippen LogP contribution in [0.5, 0.6) is 0 Å². The smallest absolute Gasteiger partial charge is 0.366 e. The van der Waals surface area contributed by atoms with E-state index < -0.39 is 23.0 Å². The number of carbonyl (C=O) groups excluding carboxylic acids is 2. The highest BCUT2D eigenvalue weighted by Gasteiger charge is 2.45. The number of aryl methyl sites for hydroxylation is 2. The van der Waals surface area contributed by atoms with Crippen molar-refractivity contribution >= 4 is 11.8 Å². The molecule has 0 saturated carbocycles. The van der Waals surface area contributed by atoms with Gasteiger partial charge in [0.2, 0.25) is 11.8 Å². The molecule has 1 aliphatic carbocycles. The predicted octanol–water partition coefficient (Wildman–Crippen LogP) is 1.40. The molecule has 4 rings (SSSR count). The number of benzene rings is 2. The molecule has 9 nitrogen and oxygen atoms in total. The van der Waals surface area contributed by atoms with E-state index in [1.54, 1.807) is 24.3 Å². The second kappa shape index (κ2) is 8.32. The Morgan fingerprint density at radius 2 is 1.55 bits per heavy atom. The fraction of sp³-hybridized carbons (Fsp3) is 0.333. The molecule has 0 unspecified atom stereocenters. The van der Waals surface area contributed by atoms with Crippen molar-refractivity contribution in [2.45, 2.75) is 44.6 Å². The number of fused-ring (bicyclic) bond motifs is 2. The van der Waals surface area contributed by atoms with Gasteiger partial charge in [-0.15, -0.1) is 0 Å². The molecular weight excluding hydrogens is 422 g/mol. The van der Waals surface area contributed by atoms with Crippen molar-refractivity contribution in [3.8, 4) is 0 Å². The average Bonchev–Trinajstić information content (AvgIpc) is 3.12. The zero-order valence-corrected chi connectivity index (χ0v) is 18.6. The predicted molar refractivity (Wildman–Crippen MR) is 122 cm³/mol. The first-order valence-electron chi connectivity index (χ1n) is 10.9. The van der Waals surface area contributed by atoms with Gasteiger partial charge in [-0.3, -0.25) is 9.59 Å². The minimum atomic E-state index is -0.946. The Labute approximate surface area is 190 Å². The highest BCUT2D eigenvalue weighted by Crippen LogP contribution is 2.47. The number of carbonyl (C=O) groups is 2. The van der Waals surface area contributed by atoms with Gasteiger partial charge in [0.05, 0.1) is 11.5 Å². The Bertz CT molecular complexity index is 1240. The van der Waals surface area contributed by atoms with E-state index in [-0.39, 0.29) is 12.6 Å². The molecule has 33 heavy (non-hydrogen) atoms. The normalized spacial score (nSPS) is 14.4. The molecule has 3 aromatic rings. The maximum absolute atomic E-state index is 12.3. The molecule has 0 bridgehead atoms. The van der Waals surface area contributed by atoms with Gasteiger partial charge in [-0.1, -0.05) is 12.1 Å². The van der Waals surface area contributed by atoms with Gasteiger partial charge in [0.1, 0.15) is 0 Å². The molecule has 0 radical (unpaired) electrons. The van der Waals surface area contributed by atoms with Crippen LogP contribution in [-0.2, 0) is 18.3 Å². The number of hydrogen-bond acceptors (Lipinski definition) is 6. The summed E-state index contributed by atoms with van der Waals surface area (Å²) >= 11 is 0. The number of aromatic nitrogens is 2. The third-order valence-electron chi connectivity index (χ3n) is 6.32. The second-order valence-electron chi connectivity index (χ2n) is 8.63. The number of rotatable bonds is 6. The van der Waals surface area contributed by atoms with E-state index in [2.05, 4.69) is 4.98 Å². The summed E-state index contributed by atoms with van der Waals surface area (Å²) in [5.41, 5.74) is 20.6. The lowest BCUT2D eigenvalue weighted by atomic mass is 9.69. The molecule has 2 aromatic carbocycles. The topological polar surface area (TPSA) is 160 Å². The van der Waals surface area contributed by atoms with Crippen molar-refractivity contribution in [3.63, 3.8) is 0 Å². The van der Waals surface area contributed by atoms with Crippen molar-refractivity contribution in [3.05, 3.63) is 86.2 Å². The summed E-state index contributed by atoms with van der Waals surface area (Å²) < 4.78 is 6.97. The average molecular weight is 450 g/mol. The minimum Gasteiger partial charge on any atom is -0.366 e. The standard InChI is InChI=1S/C24H27N5O4/c1-13(2)29-22(28-23(32)33-29)24(9-10-25)18-7-5-16(20(26)30)11-14(18)3-4-15-12-17(21(27)31)6-8-19(15)24/h5-8,11-13H,3-4,9-10,25H2,1-2H3,(H2,26,30)(H2,27,31). The summed E-state index contributed by atoms with van der Waals surface area (Å²) in [7, 11) is 0. The molecule has 0 atom stereocenters.